The summed E-state index contributed by atoms with van der Waals surface area (Å²) in [6.07, 6.45) is 5.94. The van der Waals surface area contributed by atoms with Crippen LogP contribution in [0.25, 0.3) is 0 Å². The van der Waals surface area contributed by atoms with Gasteiger partial charge < -0.3 is 10.1 Å². The Morgan fingerprint density at radius 1 is 1.40 bits per heavy atom. The fourth-order valence-corrected chi connectivity index (χ4v) is 1.58. The minimum atomic E-state index is -0.422. The summed E-state index contributed by atoms with van der Waals surface area (Å²) in [5.74, 6) is 0.0278. The van der Waals surface area contributed by atoms with Gasteiger partial charge in [0.05, 0.1) is 18.5 Å². The number of ether oxygens (including phenoxy) is 1. The molecule has 1 aromatic rings. The molecule has 0 radical (unpaired) electrons. The van der Waals surface area contributed by atoms with E-state index in [9.17, 15) is 4.39 Å². The van der Waals surface area contributed by atoms with Gasteiger partial charge in [-0.05, 0) is 19.3 Å². The Kier molecular flexibility index (Phi) is 3.45. The number of hydrogen-bond donors (Lipinski definition) is 1. The molecular formula is C10H14FN3O. The Labute approximate surface area is 87.9 Å². The van der Waals surface area contributed by atoms with E-state index in [1.807, 2.05) is 0 Å². The average Bonchev–Trinajstić information content (AvgIpc) is 2.30. The average molecular weight is 211 g/mol. The van der Waals surface area contributed by atoms with E-state index in [2.05, 4.69) is 15.3 Å². The lowest BCUT2D eigenvalue weighted by atomic mass is 10.1. The third kappa shape index (κ3) is 3.13. The van der Waals surface area contributed by atoms with Gasteiger partial charge in [-0.25, -0.2) is 14.4 Å². The van der Waals surface area contributed by atoms with Gasteiger partial charge in [-0.3, -0.25) is 0 Å². The van der Waals surface area contributed by atoms with Crippen molar-refractivity contribution in [3.8, 4) is 0 Å². The SMILES string of the molecule is Fc1cnc(NCC2CCCCO2)nc1. The highest BCUT2D eigenvalue weighted by Crippen LogP contribution is 2.12. The summed E-state index contributed by atoms with van der Waals surface area (Å²) in [5, 5.41) is 3.03. The monoisotopic (exact) mass is 211 g/mol. The third-order valence-corrected chi connectivity index (χ3v) is 2.38. The van der Waals surface area contributed by atoms with Crippen LogP contribution in [0.2, 0.25) is 0 Å². The largest absolute Gasteiger partial charge is 0.376 e. The minimum absolute atomic E-state index is 0.229. The predicted octanol–water partition coefficient (Wildman–Crippen LogP) is 1.60. The summed E-state index contributed by atoms with van der Waals surface area (Å²) >= 11 is 0. The van der Waals surface area contributed by atoms with Gasteiger partial charge in [-0.2, -0.15) is 0 Å². The first-order chi connectivity index (χ1) is 7.34. The number of hydrogen-bond acceptors (Lipinski definition) is 4. The molecule has 1 atom stereocenters. The summed E-state index contributed by atoms with van der Waals surface area (Å²) in [6.45, 7) is 1.52. The van der Waals surface area contributed by atoms with Crippen molar-refractivity contribution in [3.05, 3.63) is 18.2 Å². The van der Waals surface area contributed by atoms with Gasteiger partial charge in [-0.1, -0.05) is 0 Å². The van der Waals surface area contributed by atoms with Crippen molar-refractivity contribution in [2.45, 2.75) is 25.4 Å². The van der Waals surface area contributed by atoms with Gasteiger partial charge in [-0.15, -0.1) is 0 Å². The van der Waals surface area contributed by atoms with Crippen LogP contribution < -0.4 is 5.32 Å². The Bertz CT molecular complexity index is 298. The van der Waals surface area contributed by atoms with Gasteiger partial charge >= 0.3 is 0 Å². The topological polar surface area (TPSA) is 47.0 Å². The van der Waals surface area contributed by atoms with Gasteiger partial charge in [0.25, 0.3) is 0 Å². The van der Waals surface area contributed by atoms with Gasteiger partial charge in [0.1, 0.15) is 0 Å². The number of nitrogens with one attached hydrogen (secondary N) is 1. The van der Waals surface area contributed by atoms with E-state index in [-0.39, 0.29) is 6.10 Å². The molecule has 0 spiro atoms. The van der Waals surface area contributed by atoms with Crippen LogP contribution in [0.15, 0.2) is 12.4 Å². The maximum Gasteiger partial charge on any atom is 0.222 e. The maximum absolute atomic E-state index is 12.5. The second kappa shape index (κ2) is 5.02. The summed E-state index contributed by atoms with van der Waals surface area (Å²) in [6, 6.07) is 0. The zero-order valence-corrected chi connectivity index (χ0v) is 8.45. The molecule has 0 saturated carbocycles. The van der Waals surface area contributed by atoms with Crippen molar-refractivity contribution in [1.82, 2.24) is 9.97 Å². The highest BCUT2D eigenvalue weighted by atomic mass is 19.1. The zero-order chi connectivity index (χ0) is 10.5. The molecule has 1 aliphatic heterocycles. The zero-order valence-electron chi connectivity index (χ0n) is 8.45. The summed E-state index contributed by atoms with van der Waals surface area (Å²) in [7, 11) is 0. The molecule has 1 N–H and O–H groups in total. The number of halogens is 1. The molecule has 4 nitrogen and oxygen atoms in total. The van der Waals surface area contributed by atoms with Crippen LogP contribution in [0.4, 0.5) is 10.3 Å². The molecule has 5 heteroatoms. The van der Waals surface area contributed by atoms with Crippen LogP contribution in [0.1, 0.15) is 19.3 Å². The van der Waals surface area contributed by atoms with E-state index in [1.54, 1.807) is 0 Å². The fourth-order valence-electron chi connectivity index (χ4n) is 1.58. The first kappa shape index (κ1) is 10.3. The molecule has 82 valence electrons. The van der Waals surface area contributed by atoms with E-state index in [0.717, 1.165) is 31.8 Å². The van der Waals surface area contributed by atoms with Crippen LogP contribution in [-0.4, -0.2) is 29.2 Å². The van der Waals surface area contributed by atoms with Gasteiger partial charge in [0.15, 0.2) is 5.82 Å². The molecule has 15 heavy (non-hydrogen) atoms. The van der Waals surface area contributed by atoms with Crippen LogP contribution in [0.5, 0.6) is 0 Å². The van der Waals surface area contributed by atoms with Crippen molar-refractivity contribution < 1.29 is 9.13 Å². The van der Waals surface area contributed by atoms with E-state index >= 15 is 0 Å². The molecule has 1 saturated heterocycles. The molecule has 1 unspecified atom stereocenters. The Hall–Kier alpha value is -1.23. The molecule has 1 aromatic heterocycles. The van der Waals surface area contributed by atoms with Crippen molar-refractivity contribution in [1.29, 1.82) is 0 Å². The summed E-state index contributed by atoms with van der Waals surface area (Å²) in [5.41, 5.74) is 0. The van der Waals surface area contributed by atoms with Crippen LogP contribution >= 0.6 is 0 Å². The number of aromatic nitrogens is 2. The van der Waals surface area contributed by atoms with Crippen molar-refractivity contribution in [2.24, 2.45) is 0 Å². The number of nitrogens with zero attached hydrogens (tertiary/aromatic N) is 2. The van der Waals surface area contributed by atoms with Crippen LogP contribution in [0.3, 0.4) is 0 Å². The minimum Gasteiger partial charge on any atom is -0.376 e. The van der Waals surface area contributed by atoms with Crippen molar-refractivity contribution in [2.75, 3.05) is 18.5 Å². The smallest absolute Gasteiger partial charge is 0.222 e. The van der Waals surface area contributed by atoms with Crippen LogP contribution in [-0.2, 0) is 4.74 Å². The molecule has 0 aromatic carbocycles. The quantitative estimate of drug-likeness (QED) is 0.824. The standard InChI is InChI=1S/C10H14FN3O/c11-8-5-12-10(13-6-8)14-7-9-3-1-2-4-15-9/h5-6,9H,1-4,7H2,(H,12,13,14). The first-order valence-electron chi connectivity index (χ1n) is 5.17. The van der Waals surface area contributed by atoms with Crippen molar-refractivity contribution in [3.63, 3.8) is 0 Å². The maximum atomic E-state index is 12.5. The predicted molar refractivity (Wildman–Crippen MR) is 54.1 cm³/mol. The van der Waals surface area contributed by atoms with Gasteiger partial charge in [0, 0.05) is 13.2 Å². The highest BCUT2D eigenvalue weighted by molar-refractivity contribution is 5.22. The van der Waals surface area contributed by atoms with E-state index in [0.29, 0.717) is 12.5 Å². The molecule has 0 bridgehead atoms. The Morgan fingerprint density at radius 3 is 2.87 bits per heavy atom. The van der Waals surface area contributed by atoms with E-state index in [1.165, 1.54) is 6.42 Å². The van der Waals surface area contributed by atoms with Gasteiger partial charge in [0.2, 0.25) is 5.95 Å². The summed E-state index contributed by atoms with van der Waals surface area (Å²) in [4.78, 5) is 7.62. The van der Waals surface area contributed by atoms with E-state index in [4.69, 9.17) is 4.74 Å². The highest BCUT2D eigenvalue weighted by Gasteiger charge is 2.13. The molecule has 2 rings (SSSR count). The van der Waals surface area contributed by atoms with E-state index < -0.39 is 5.82 Å². The molecule has 0 amide bonds. The lowest BCUT2D eigenvalue weighted by Gasteiger charge is -2.22. The second-order valence-electron chi connectivity index (χ2n) is 3.59. The normalized spacial score (nSPS) is 21.3. The molecule has 0 aliphatic carbocycles. The molecule has 2 heterocycles. The first-order valence-corrected chi connectivity index (χ1v) is 5.17. The lowest BCUT2D eigenvalue weighted by molar-refractivity contribution is 0.0246. The summed E-state index contributed by atoms with van der Waals surface area (Å²) < 4.78 is 18.0. The Balaban J connectivity index is 1.79. The Morgan fingerprint density at radius 2 is 2.20 bits per heavy atom. The van der Waals surface area contributed by atoms with Crippen molar-refractivity contribution >= 4 is 5.95 Å². The second-order valence-corrected chi connectivity index (χ2v) is 3.59. The lowest BCUT2D eigenvalue weighted by Crippen LogP contribution is -2.27. The molecule has 1 fully saturated rings. The van der Waals surface area contributed by atoms with Crippen LogP contribution in [0, 0.1) is 5.82 Å². The third-order valence-electron chi connectivity index (χ3n) is 2.38. The number of anilines is 1. The fraction of sp³-hybridized carbons (Fsp3) is 0.600. The molecule has 1 aliphatic rings. The number of rotatable bonds is 3. The molecular weight excluding hydrogens is 197 g/mol.